The van der Waals surface area contributed by atoms with E-state index in [1.165, 1.54) is 12.3 Å². The van der Waals surface area contributed by atoms with Crippen molar-refractivity contribution < 1.29 is 18.0 Å². The van der Waals surface area contributed by atoms with Crippen LogP contribution in [0.4, 0.5) is 13.2 Å². The second kappa shape index (κ2) is 6.56. The van der Waals surface area contributed by atoms with E-state index in [2.05, 4.69) is 20.9 Å². The average Bonchev–Trinajstić information content (AvgIpc) is 2.29. The number of alkyl halides is 3. The van der Waals surface area contributed by atoms with Gasteiger partial charge in [0.2, 0.25) is 0 Å². The largest absolute Gasteiger partial charge is 0.406 e. The highest BCUT2D eigenvalue weighted by Crippen LogP contribution is 2.23. The van der Waals surface area contributed by atoms with Gasteiger partial charge in [-0.15, -0.1) is 0 Å². The lowest BCUT2D eigenvalue weighted by Crippen LogP contribution is -2.39. The molecular weight excluding hydrogens is 348 g/mol. The maximum Gasteiger partial charge on any atom is 0.406 e. The number of carbonyl (C=O) groups is 1. The Kier molecular flexibility index (Phi) is 5.61. The molecule has 19 heavy (non-hydrogen) atoms. The summed E-state index contributed by atoms with van der Waals surface area (Å²) >= 11 is 8.85. The van der Waals surface area contributed by atoms with Crippen molar-refractivity contribution in [3.05, 3.63) is 27.5 Å². The lowest BCUT2D eigenvalue weighted by Gasteiger charge is -2.23. The van der Waals surface area contributed by atoms with Crippen LogP contribution in [0.15, 0.2) is 16.7 Å². The predicted molar refractivity (Wildman–Crippen MR) is 69.2 cm³/mol. The number of rotatable bonds is 4. The molecule has 0 atom stereocenters. The van der Waals surface area contributed by atoms with Crippen LogP contribution in [-0.4, -0.2) is 35.1 Å². The van der Waals surface area contributed by atoms with Crippen molar-refractivity contribution in [3.8, 4) is 0 Å². The fraction of sp³-hybridized carbons (Fsp3) is 0.455. The highest BCUT2D eigenvalue weighted by atomic mass is 79.9. The van der Waals surface area contributed by atoms with Gasteiger partial charge in [0.05, 0.1) is 5.56 Å². The maximum absolute atomic E-state index is 12.4. The number of carbonyl (C=O) groups excluding carboxylic acids is 1. The standard InChI is InChI=1S/C11H11BrClF3N2O/c1-2-3-18(6-11(14,15)16)10(19)8-4-7(12)5-17-9(8)13/h4-5H,2-3,6H2,1H3. The fourth-order valence-electron chi connectivity index (χ4n) is 1.48. The first-order chi connectivity index (χ1) is 8.74. The van der Waals surface area contributed by atoms with Crippen molar-refractivity contribution in [2.75, 3.05) is 13.1 Å². The Hall–Kier alpha value is -0.820. The molecule has 0 saturated heterocycles. The molecular formula is C11H11BrClF3N2O. The third-order valence-electron chi connectivity index (χ3n) is 2.19. The molecule has 0 aliphatic carbocycles. The van der Waals surface area contributed by atoms with Crippen LogP contribution in [0.1, 0.15) is 23.7 Å². The molecule has 0 spiro atoms. The Bertz CT molecular complexity index is 468. The molecule has 0 saturated carbocycles. The average molecular weight is 360 g/mol. The number of amides is 1. The van der Waals surface area contributed by atoms with E-state index in [1.807, 2.05) is 0 Å². The van der Waals surface area contributed by atoms with Gasteiger partial charge in [-0.3, -0.25) is 4.79 Å². The second-order valence-electron chi connectivity index (χ2n) is 3.83. The highest BCUT2D eigenvalue weighted by molar-refractivity contribution is 9.10. The SMILES string of the molecule is CCCN(CC(F)(F)F)C(=O)c1cc(Br)cnc1Cl. The zero-order valence-corrected chi connectivity index (χ0v) is 12.3. The summed E-state index contributed by atoms with van der Waals surface area (Å²) in [5, 5.41) is -0.114. The van der Waals surface area contributed by atoms with Crippen molar-refractivity contribution >= 4 is 33.4 Å². The molecule has 0 N–H and O–H groups in total. The summed E-state index contributed by atoms with van der Waals surface area (Å²) in [6, 6.07) is 1.36. The molecule has 0 bridgehead atoms. The summed E-state index contributed by atoms with van der Waals surface area (Å²) < 4.78 is 37.8. The topological polar surface area (TPSA) is 33.2 Å². The zero-order valence-electron chi connectivity index (χ0n) is 9.97. The molecule has 0 fully saturated rings. The van der Waals surface area contributed by atoms with Crippen molar-refractivity contribution in [2.24, 2.45) is 0 Å². The number of hydrogen-bond acceptors (Lipinski definition) is 2. The maximum atomic E-state index is 12.4. The summed E-state index contributed by atoms with van der Waals surface area (Å²) in [4.78, 5) is 16.5. The minimum absolute atomic E-state index is 0.00118. The fourth-order valence-corrected chi connectivity index (χ4v) is 2.00. The zero-order chi connectivity index (χ0) is 14.6. The number of pyridine rings is 1. The quantitative estimate of drug-likeness (QED) is 0.764. The summed E-state index contributed by atoms with van der Waals surface area (Å²) in [6.07, 6.45) is -2.66. The normalized spacial score (nSPS) is 11.5. The predicted octanol–water partition coefficient (Wildman–Crippen LogP) is 3.91. The van der Waals surface area contributed by atoms with Crippen LogP contribution >= 0.6 is 27.5 Å². The number of aromatic nitrogens is 1. The molecule has 1 amide bonds. The molecule has 0 unspecified atom stereocenters. The van der Waals surface area contributed by atoms with Crippen LogP contribution in [0.5, 0.6) is 0 Å². The van der Waals surface area contributed by atoms with Crippen molar-refractivity contribution in [2.45, 2.75) is 19.5 Å². The third kappa shape index (κ3) is 4.99. The van der Waals surface area contributed by atoms with Crippen molar-refractivity contribution in [3.63, 3.8) is 0 Å². The molecule has 3 nitrogen and oxygen atoms in total. The smallest absolute Gasteiger partial charge is 0.329 e. The molecule has 0 aliphatic heterocycles. The van der Waals surface area contributed by atoms with E-state index in [1.54, 1.807) is 6.92 Å². The van der Waals surface area contributed by atoms with Gasteiger partial charge in [0.25, 0.3) is 5.91 Å². The van der Waals surface area contributed by atoms with E-state index < -0.39 is 18.6 Å². The molecule has 106 valence electrons. The van der Waals surface area contributed by atoms with E-state index in [9.17, 15) is 18.0 Å². The van der Waals surface area contributed by atoms with Crippen molar-refractivity contribution in [1.82, 2.24) is 9.88 Å². The Morgan fingerprint density at radius 1 is 1.53 bits per heavy atom. The summed E-state index contributed by atoms with van der Waals surface area (Å²) in [5.74, 6) is -0.780. The monoisotopic (exact) mass is 358 g/mol. The molecule has 0 aliphatic rings. The van der Waals surface area contributed by atoms with Crippen LogP contribution in [-0.2, 0) is 0 Å². The van der Waals surface area contributed by atoms with E-state index in [4.69, 9.17) is 11.6 Å². The van der Waals surface area contributed by atoms with E-state index in [-0.39, 0.29) is 17.3 Å². The van der Waals surface area contributed by atoms with Crippen LogP contribution in [0.25, 0.3) is 0 Å². The Balaban J connectivity index is 3.02. The summed E-state index contributed by atoms with van der Waals surface area (Å²) in [6.45, 7) is 0.390. The van der Waals surface area contributed by atoms with Crippen molar-refractivity contribution in [1.29, 1.82) is 0 Å². The molecule has 0 aromatic carbocycles. The first kappa shape index (κ1) is 16.2. The second-order valence-corrected chi connectivity index (χ2v) is 5.11. The lowest BCUT2D eigenvalue weighted by atomic mass is 10.2. The lowest BCUT2D eigenvalue weighted by molar-refractivity contribution is -0.140. The van der Waals surface area contributed by atoms with E-state index in [0.717, 1.165) is 4.90 Å². The Morgan fingerprint density at radius 2 is 2.16 bits per heavy atom. The highest BCUT2D eigenvalue weighted by Gasteiger charge is 2.33. The number of hydrogen-bond donors (Lipinski definition) is 0. The summed E-state index contributed by atoms with van der Waals surface area (Å²) in [5.41, 5.74) is -0.0475. The van der Waals surface area contributed by atoms with Gasteiger partial charge in [0.15, 0.2) is 0 Å². The van der Waals surface area contributed by atoms with Crippen LogP contribution < -0.4 is 0 Å². The minimum Gasteiger partial charge on any atom is -0.329 e. The molecule has 1 aromatic heterocycles. The van der Waals surface area contributed by atoms with Crippen LogP contribution in [0, 0.1) is 0 Å². The van der Waals surface area contributed by atoms with Gasteiger partial charge in [0, 0.05) is 17.2 Å². The molecule has 0 radical (unpaired) electrons. The van der Waals surface area contributed by atoms with E-state index in [0.29, 0.717) is 10.9 Å². The Labute approximate surface area is 121 Å². The van der Waals surface area contributed by atoms with E-state index >= 15 is 0 Å². The Morgan fingerprint density at radius 3 is 2.68 bits per heavy atom. The van der Waals surface area contributed by atoms with Gasteiger partial charge in [0.1, 0.15) is 11.7 Å². The van der Waals surface area contributed by atoms with Gasteiger partial charge < -0.3 is 4.90 Å². The molecule has 1 rings (SSSR count). The third-order valence-corrected chi connectivity index (χ3v) is 2.92. The number of nitrogens with zero attached hydrogens (tertiary/aromatic N) is 2. The first-order valence-corrected chi connectivity index (χ1v) is 6.58. The molecule has 1 aromatic rings. The van der Waals surface area contributed by atoms with Gasteiger partial charge in [-0.05, 0) is 28.4 Å². The number of halogens is 5. The first-order valence-electron chi connectivity index (χ1n) is 5.41. The minimum atomic E-state index is -4.45. The van der Waals surface area contributed by atoms with Crippen LogP contribution in [0.2, 0.25) is 5.15 Å². The van der Waals surface area contributed by atoms with Gasteiger partial charge in [-0.2, -0.15) is 13.2 Å². The van der Waals surface area contributed by atoms with Gasteiger partial charge in [-0.1, -0.05) is 18.5 Å². The molecule has 8 heteroatoms. The molecule has 1 heterocycles. The van der Waals surface area contributed by atoms with Crippen LogP contribution in [0.3, 0.4) is 0 Å². The summed E-state index contributed by atoms with van der Waals surface area (Å²) in [7, 11) is 0. The van der Waals surface area contributed by atoms with Gasteiger partial charge >= 0.3 is 6.18 Å². The van der Waals surface area contributed by atoms with Gasteiger partial charge in [-0.25, -0.2) is 4.98 Å².